The van der Waals surface area contributed by atoms with E-state index in [2.05, 4.69) is 24.3 Å². The molecule has 2 fully saturated rings. The van der Waals surface area contributed by atoms with Crippen LogP contribution < -0.4 is 0 Å². The zero-order valence-electron chi connectivity index (χ0n) is 17.4. The Kier molecular flexibility index (Phi) is 5.40. The van der Waals surface area contributed by atoms with Crippen molar-refractivity contribution in [3.63, 3.8) is 0 Å². The second-order valence-electron chi connectivity index (χ2n) is 9.32. The smallest absolute Gasteiger partial charge is 0.118 e. The van der Waals surface area contributed by atoms with Gasteiger partial charge in [-0.1, -0.05) is 56.4 Å². The van der Waals surface area contributed by atoms with Gasteiger partial charge >= 0.3 is 0 Å². The Labute approximate surface area is 169 Å². The summed E-state index contributed by atoms with van der Waals surface area (Å²) in [5.74, 6) is 2.54. The summed E-state index contributed by atoms with van der Waals surface area (Å²) in [7, 11) is 0. The molecule has 0 aromatic heterocycles. The minimum Gasteiger partial charge on any atom is -0.508 e. The summed E-state index contributed by atoms with van der Waals surface area (Å²) in [6, 6.07) is 12.3. The van der Waals surface area contributed by atoms with Gasteiger partial charge in [0.05, 0.1) is 0 Å². The molecule has 0 saturated heterocycles. The maximum Gasteiger partial charge on any atom is 0.118 e. The van der Waals surface area contributed by atoms with Gasteiger partial charge in [-0.25, -0.2) is 0 Å². The van der Waals surface area contributed by atoms with Crippen LogP contribution in [-0.2, 0) is 5.41 Å². The van der Waals surface area contributed by atoms with Crippen LogP contribution >= 0.6 is 0 Å². The van der Waals surface area contributed by atoms with Gasteiger partial charge in [0.2, 0.25) is 0 Å². The fourth-order valence-corrected chi connectivity index (χ4v) is 5.86. The summed E-state index contributed by atoms with van der Waals surface area (Å²) in [4.78, 5) is 0. The lowest BCUT2D eigenvalue weighted by molar-refractivity contribution is 0.163. The van der Waals surface area contributed by atoms with E-state index in [-0.39, 0.29) is 5.41 Å². The summed E-state index contributed by atoms with van der Waals surface area (Å²) in [6.45, 7) is 3.98. The second-order valence-corrected chi connectivity index (χ2v) is 9.32. The SMILES string of the molecule is Cc1cc(C2(c3ccc(O)c(C)c3)CCC(C3CCCCC3)CC2)ccc1O. The maximum atomic E-state index is 10.1. The quantitative estimate of drug-likeness (QED) is 0.618. The van der Waals surface area contributed by atoms with E-state index >= 15 is 0 Å². The first-order valence-electron chi connectivity index (χ1n) is 11.1. The predicted molar refractivity (Wildman–Crippen MR) is 115 cm³/mol. The van der Waals surface area contributed by atoms with E-state index in [4.69, 9.17) is 0 Å². The summed E-state index contributed by atoms with van der Waals surface area (Å²) >= 11 is 0. The van der Waals surface area contributed by atoms with Gasteiger partial charge in [-0.3, -0.25) is 0 Å². The third-order valence-electron chi connectivity index (χ3n) is 7.70. The third-order valence-corrected chi connectivity index (χ3v) is 7.70. The van der Waals surface area contributed by atoms with Crippen molar-refractivity contribution >= 4 is 0 Å². The molecule has 2 aromatic carbocycles. The van der Waals surface area contributed by atoms with Gasteiger partial charge in [-0.15, -0.1) is 0 Å². The lowest BCUT2D eigenvalue weighted by Gasteiger charge is -2.44. The average molecular weight is 379 g/mol. The third kappa shape index (κ3) is 3.54. The van der Waals surface area contributed by atoms with Gasteiger partial charge in [0.25, 0.3) is 0 Å². The highest BCUT2D eigenvalue weighted by Gasteiger charge is 2.40. The molecule has 0 unspecified atom stereocenters. The lowest BCUT2D eigenvalue weighted by Crippen LogP contribution is -2.35. The molecule has 0 heterocycles. The molecule has 2 saturated carbocycles. The fourth-order valence-electron chi connectivity index (χ4n) is 5.86. The minimum absolute atomic E-state index is 0.0118. The highest BCUT2D eigenvalue weighted by atomic mass is 16.3. The Bertz CT molecular complexity index is 771. The molecular formula is C26H34O2. The Morgan fingerprint density at radius 1 is 0.679 bits per heavy atom. The van der Waals surface area contributed by atoms with Crippen LogP contribution in [0.5, 0.6) is 11.5 Å². The van der Waals surface area contributed by atoms with E-state index in [1.807, 2.05) is 26.0 Å². The summed E-state index contributed by atoms with van der Waals surface area (Å²) in [5.41, 5.74) is 4.51. The molecule has 2 aliphatic carbocycles. The van der Waals surface area contributed by atoms with Gasteiger partial charge in [0.1, 0.15) is 11.5 Å². The molecule has 0 bridgehead atoms. The van der Waals surface area contributed by atoms with Crippen molar-refractivity contribution in [1.29, 1.82) is 0 Å². The largest absolute Gasteiger partial charge is 0.508 e. The molecule has 0 spiro atoms. The molecule has 4 rings (SSSR count). The van der Waals surface area contributed by atoms with Crippen LogP contribution in [0, 0.1) is 25.7 Å². The van der Waals surface area contributed by atoms with Crippen LogP contribution in [-0.4, -0.2) is 10.2 Å². The molecule has 2 nitrogen and oxygen atoms in total. The van der Waals surface area contributed by atoms with Gasteiger partial charge in [0, 0.05) is 5.41 Å². The highest BCUT2D eigenvalue weighted by Crippen LogP contribution is 2.50. The fraction of sp³-hybridized carbons (Fsp3) is 0.538. The van der Waals surface area contributed by atoms with Gasteiger partial charge in [-0.05, 0) is 85.8 Å². The molecule has 2 heteroatoms. The molecule has 2 N–H and O–H groups in total. The first-order valence-corrected chi connectivity index (χ1v) is 11.1. The number of rotatable bonds is 3. The number of aryl methyl sites for hydroxylation is 2. The number of phenols is 2. The van der Waals surface area contributed by atoms with Gasteiger partial charge in [-0.2, -0.15) is 0 Å². The number of phenolic OH excluding ortho intramolecular Hbond substituents is 2. The maximum absolute atomic E-state index is 10.1. The van der Waals surface area contributed by atoms with E-state index < -0.39 is 0 Å². The summed E-state index contributed by atoms with van der Waals surface area (Å²) < 4.78 is 0. The van der Waals surface area contributed by atoms with Crippen LogP contribution in [0.4, 0.5) is 0 Å². The monoisotopic (exact) mass is 378 g/mol. The normalized spacial score (nSPS) is 20.9. The zero-order chi connectivity index (χ0) is 19.7. The molecule has 2 aromatic rings. The topological polar surface area (TPSA) is 40.5 Å². The Morgan fingerprint density at radius 3 is 1.61 bits per heavy atom. The molecule has 0 aliphatic heterocycles. The van der Waals surface area contributed by atoms with Crippen molar-refractivity contribution < 1.29 is 10.2 Å². The van der Waals surface area contributed by atoms with E-state index in [1.165, 1.54) is 56.1 Å². The van der Waals surface area contributed by atoms with Crippen LogP contribution in [0.1, 0.15) is 80.0 Å². The molecule has 0 amide bonds. The molecule has 28 heavy (non-hydrogen) atoms. The molecule has 0 atom stereocenters. The average Bonchev–Trinajstić information content (AvgIpc) is 2.73. The van der Waals surface area contributed by atoms with E-state index in [1.54, 1.807) is 0 Å². The first kappa shape index (κ1) is 19.4. The Morgan fingerprint density at radius 2 is 1.14 bits per heavy atom. The number of benzene rings is 2. The van der Waals surface area contributed by atoms with Crippen molar-refractivity contribution in [1.82, 2.24) is 0 Å². The second kappa shape index (κ2) is 7.81. The van der Waals surface area contributed by atoms with Crippen LogP contribution in [0.2, 0.25) is 0 Å². The number of aromatic hydroxyl groups is 2. The van der Waals surface area contributed by atoms with Gasteiger partial charge in [0.15, 0.2) is 0 Å². The van der Waals surface area contributed by atoms with Crippen LogP contribution in [0.25, 0.3) is 0 Å². The highest BCUT2D eigenvalue weighted by molar-refractivity contribution is 5.48. The lowest BCUT2D eigenvalue weighted by atomic mass is 9.60. The predicted octanol–water partition coefficient (Wildman–Crippen LogP) is 6.77. The van der Waals surface area contributed by atoms with Crippen molar-refractivity contribution in [2.75, 3.05) is 0 Å². The summed E-state index contributed by atoms with van der Waals surface area (Å²) in [6.07, 6.45) is 12.0. The van der Waals surface area contributed by atoms with Crippen LogP contribution in [0.15, 0.2) is 36.4 Å². The Balaban J connectivity index is 1.68. The van der Waals surface area contributed by atoms with Crippen molar-refractivity contribution in [2.45, 2.75) is 77.0 Å². The van der Waals surface area contributed by atoms with Gasteiger partial charge < -0.3 is 10.2 Å². The first-order chi connectivity index (χ1) is 13.5. The number of hydrogen-bond acceptors (Lipinski definition) is 2. The number of hydrogen-bond donors (Lipinski definition) is 2. The van der Waals surface area contributed by atoms with Crippen molar-refractivity contribution in [3.8, 4) is 11.5 Å². The Hall–Kier alpha value is -1.96. The van der Waals surface area contributed by atoms with Crippen molar-refractivity contribution in [2.24, 2.45) is 11.8 Å². The zero-order valence-corrected chi connectivity index (χ0v) is 17.4. The summed E-state index contributed by atoms with van der Waals surface area (Å²) in [5, 5.41) is 20.1. The van der Waals surface area contributed by atoms with Crippen LogP contribution in [0.3, 0.4) is 0 Å². The molecule has 2 aliphatic rings. The van der Waals surface area contributed by atoms with E-state index in [0.29, 0.717) is 11.5 Å². The van der Waals surface area contributed by atoms with E-state index in [0.717, 1.165) is 35.8 Å². The minimum atomic E-state index is -0.0118. The molecule has 0 radical (unpaired) electrons. The van der Waals surface area contributed by atoms with Crippen molar-refractivity contribution in [3.05, 3.63) is 58.7 Å². The molecule has 150 valence electrons. The molecular weight excluding hydrogens is 344 g/mol. The van der Waals surface area contributed by atoms with E-state index in [9.17, 15) is 10.2 Å². The standard InChI is InChI=1S/C26H34O2/c1-18-16-22(8-10-24(18)27)26(23-9-11-25(28)19(2)17-23)14-12-21(13-15-26)20-6-4-3-5-7-20/h8-11,16-17,20-21,27-28H,3-7,12-15H2,1-2H3.